The Kier molecular flexibility index (Phi) is 6.93. The lowest BCUT2D eigenvalue weighted by atomic mass is 10.0. The first-order valence-electron chi connectivity index (χ1n) is 19.6. The molecule has 0 aliphatic rings. The highest BCUT2D eigenvalue weighted by Gasteiger charge is 2.21. The molecule has 0 fully saturated rings. The fourth-order valence-corrected chi connectivity index (χ4v) is 9.30. The van der Waals surface area contributed by atoms with Crippen LogP contribution in [0.5, 0.6) is 0 Å². The van der Waals surface area contributed by atoms with Crippen LogP contribution in [0, 0.1) is 0 Å². The second-order valence-corrected chi connectivity index (χ2v) is 14.9. The number of para-hydroxylation sites is 4. The van der Waals surface area contributed by atoms with Crippen LogP contribution in [-0.2, 0) is 0 Å². The Labute approximate surface area is 329 Å². The third-order valence-corrected chi connectivity index (χ3v) is 11.8. The number of fused-ring (bicyclic) bond motifs is 10. The maximum absolute atomic E-state index is 2.48. The smallest absolute Gasteiger partial charge is 0.0788 e. The van der Waals surface area contributed by atoms with E-state index in [0.717, 1.165) is 17.1 Å². The highest BCUT2D eigenvalue weighted by Crippen LogP contribution is 2.42. The SMILES string of the molecule is c1ccc(-c2cccc(-n3c4ccccc4c4ccc5c6ccccc6n(-c6ccc(-c7ccc8c9ccccc9n(-c9ccccc9)c8c7)cc6)c5c43)c2)cc1. The molecular formula is C54H35N3. The number of hydrogen-bond acceptors (Lipinski definition) is 0. The molecule has 9 aromatic carbocycles. The summed E-state index contributed by atoms with van der Waals surface area (Å²) in [5.74, 6) is 0. The van der Waals surface area contributed by atoms with Crippen LogP contribution in [0.15, 0.2) is 212 Å². The highest BCUT2D eigenvalue weighted by molar-refractivity contribution is 6.24. The summed E-state index contributed by atoms with van der Waals surface area (Å²) in [6.07, 6.45) is 0. The largest absolute Gasteiger partial charge is 0.309 e. The summed E-state index contributed by atoms with van der Waals surface area (Å²) in [4.78, 5) is 0. The third kappa shape index (κ3) is 4.79. The van der Waals surface area contributed by atoms with Crippen LogP contribution in [0.3, 0.4) is 0 Å². The monoisotopic (exact) mass is 725 g/mol. The predicted octanol–water partition coefficient (Wildman–Crippen LogP) is 14.3. The van der Waals surface area contributed by atoms with Gasteiger partial charge in [-0.2, -0.15) is 0 Å². The first-order chi connectivity index (χ1) is 28.3. The van der Waals surface area contributed by atoms with Gasteiger partial charge >= 0.3 is 0 Å². The molecule has 0 saturated heterocycles. The van der Waals surface area contributed by atoms with Crippen molar-refractivity contribution in [1.82, 2.24) is 13.7 Å². The van der Waals surface area contributed by atoms with Gasteiger partial charge in [0.05, 0.1) is 33.1 Å². The molecule has 0 saturated carbocycles. The van der Waals surface area contributed by atoms with Crippen molar-refractivity contribution in [1.29, 1.82) is 0 Å². The van der Waals surface area contributed by atoms with E-state index in [1.807, 2.05) is 0 Å². The van der Waals surface area contributed by atoms with Gasteiger partial charge in [-0.1, -0.05) is 152 Å². The molecule has 0 N–H and O–H groups in total. The molecule has 0 spiro atoms. The lowest BCUT2D eigenvalue weighted by molar-refractivity contribution is 1.15. The molecular weight excluding hydrogens is 691 g/mol. The minimum absolute atomic E-state index is 1.13. The van der Waals surface area contributed by atoms with Crippen LogP contribution in [0.4, 0.5) is 0 Å². The molecule has 266 valence electrons. The van der Waals surface area contributed by atoms with Crippen molar-refractivity contribution < 1.29 is 0 Å². The fourth-order valence-electron chi connectivity index (χ4n) is 9.30. The average molecular weight is 726 g/mol. The van der Waals surface area contributed by atoms with E-state index in [-0.39, 0.29) is 0 Å². The Balaban J connectivity index is 1.08. The molecule has 0 unspecified atom stereocenters. The zero-order valence-corrected chi connectivity index (χ0v) is 31.0. The van der Waals surface area contributed by atoms with Crippen molar-refractivity contribution in [3.05, 3.63) is 212 Å². The molecule has 0 aliphatic heterocycles. The quantitative estimate of drug-likeness (QED) is 0.168. The predicted molar refractivity (Wildman–Crippen MR) is 240 cm³/mol. The maximum Gasteiger partial charge on any atom is 0.0788 e. The minimum atomic E-state index is 1.13. The summed E-state index contributed by atoms with van der Waals surface area (Å²) in [6, 6.07) is 77.4. The minimum Gasteiger partial charge on any atom is -0.309 e. The van der Waals surface area contributed by atoms with E-state index in [4.69, 9.17) is 0 Å². The van der Waals surface area contributed by atoms with Crippen molar-refractivity contribution in [3.63, 3.8) is 0 Å². The zero-order chi connectivity index (χ0) is 37.5. The molecule has 57 heavy (non-hydrogen) atoms. The molecule has 3 heteroatoms. The Morgan fingerprint density at radius 2 is 0.614 bits per heavy atom. The van der Waals surface area contributed by atoms with Gasteiger partial charge in [0.2, 0.25) is 0 Å². The third-order valence-electron chi connectivity index (χ3n) is 11.8. The van der Waals surface area contributed by atoms with E-state index in [2.05, 4.69) is 226 Å². The number of aromatic nitrogens is 3. The van der Waals surface area contributed by atoms with E-state index < -0.39 is 0 Å². The Bertz CT molecular complexity index is 3490. The number of rotatable bonds is 5. The number of hydrogen-bond donors (Lipinski definition) is 0. The first kappa shape index (κ1) is 31.7. The summed E-state index contributed by atoms with van der Waals surface area (Å²) < 4.78 is 7.34. The van der Waals surface area contributed by atoms with Gasteiger partial charge in [0, 0.05) is 49.4 Å². The van der Waals surface area contributed by atoms with Crippen LogP contribution in [0.2, 0.25) is 0 Å². The molecule has 12 rings (SSSR count). The number of benzene rings is 9. The molecule has 0 aliphatic carbocycles. The van der Waals surface area contributed by atoms with Gasteiger partial charge in [-0.05, 0) is 82.9 Å². The van der Waals surface area contributed by atoms with E-state index >= 15 is 0 Å². The zero-order valence-electron chi connectivity index (χ0n) is 31.0. The van der Waals surface area contributed by atoms with Gasteiger partial charge in [0.25, 0.3) is 0 Å². The summed E-state index contributed by atoms with van der Waals surface area (Å²) in [7, 11) is 0. The van der Waals surface area contributed by atoms with Gasteiger partial charge in [-0.15, -0.1) is 0 Å². The molecule has 3 aromatic heterocycles. The van der Waals surface area contributed by atoms with Gasteiger partial charge < -0.3 is 13.7 Å². The maximum atomic E-state index is 2.48. The Hall–Kier alpha value is -7.62. The Morgan fingerprint density at radius 3 is 1.26 bits per heavy atom. The van der Waals surface area contributed by atoms with E-state index in [1.54, 1.807) is 0 Å². The lowest BCUT2D eigenvalue weighted by Crippen LogP contribution is -1.99. The summed E-state index contributed by atoms with van der Waals surface area (Å²) in [6.45, 7) is 0. The standard InChI is InChI=1S/C54H35N3/c1-3-14-36(15-4-1)38-16-13-19-42(34-38)57-51-25-12-9-22-45(51)48-33-32-47-44-21-8-11-24-50(44)56(53(47)54(48)57)41-29-26-37(27-30-41)39-28-31-46-43-20-7-10-23-49(43)55(52(46)35-39)40-17-5-2-6-18-40/h1-35H. The molecule has 0 amide bonds. The van der Waals surface area contributed by atoms with E-state index in [0.29, 0.717) is 0 Å². The van der Waals surface area contributed by atoms with Crippen LogP contribution >= 0.6 is 0 Å². The van der Waals surface area contributed by atoms with Gasteiger partial charge in [-0.3, -0.25) is 0 Å². The van der Waals surface area contributed by atoms with E-state index in [1.165, 1.54) is 87.7 Å². The summed E-state index contributed by atoms with van der Waals surface area (Å²) in [5.41, 5.74) is 15.4. The highest BCUT2D eigenvalue weighted by atomic mass is 15.0. The van der Waals surface area contributed by atoms with Crippen LogP contribution < -0.4 is 0 Å². The molecule has 0 radical (unpaired) electrons. The van der Waals surface area contributed by atoms with Crippen molar-refractivity contribution in [3.8, 4) is 39.3 Å². The van der Waals surface area contributed by atoms with Gasteiger partial charge in [0.15, 0.2) is 0 Å². The molecule has 12 aromatic rings. The second kappa shape index (κ2) is 12.5. The molecule has 3 heterocycles. The first-order valence-corrected chi connectivity index (χ1v) is 19.6. The normalized spacial score (nSPS) is 11.9. The van der Waals surface area contributed by atoms with Crippen molar-refractivity contribution >= 4 is 65.4 Å². The van der Waals surface area contributed by atoms with Gasteiger partial charge in [-0.25, -0.2) is 0 Å². The van der Waals surface area contributed by atoms with Gasteiger partial charge in [0.1, 0.15) is 0 Å². The molecule has 0 atom stereocenters. The lowest BCUT2D eigenvalue weighted by Gasteiger charge is -2.14. The molecule has 3 nitrogen and oxygen atoms in total. The topological polar surface area (TPSA) is 14.8 Å². The summed E-state index contributed by atoms with van der Waals surface area (Å²) in [5, 5.41) is 7.49. The average Bonchev–Trinajstić information content (AvgIpc) is 3.93. The Morgan fingerprint density at radius 1 is 0.211 bits per heavy atom. The second-order valence-electron chi connectivity index (χ2n) is 14.9. The summed E-state index contributed by atoms with van der Waals surface area (Å²) >= 11 is 0. The van der Waals surface area contributed by atoms with Crippen LogP contribution in [0.1, 0.15) is 0 Å². The van der Waals surface area contributed by atoms with Crippen LogP contribution in [-0.4, -0.2) is 13.7 Å². The van der Waals surface area contributed by atoms with E-state index in [9.17, 15) is 0 Å². The van der Waals surface area contributed by atoms with Crippen molar-refractivity contribution in [2.45, 2.75) is 0 Å². The number of nitrogens with zero attached hydrogens (tertiary/aromatic N) is 3. The van der Waals surface area contributed by atoms with Crippen molar-refractivity contribution in [2.75, 3.05) is 0 Å². The fraction of sp³-hybridized carbons (Fsp3) is 0. The van der Waals surface area contributed by atoms with Crippen molar-refractivity contribution in [2.24, 2.45) is 0 Å². The molecule has 0 bridgehead atoms. The van der Waals surface area contributed by atoms with Crippen LogP contribution in [0.25, 0.3) is 105 Å².